The van der Waals surface area contributed by atoms with E-state index in [1.54, 1.807) is 7.05 Å². The van der Waals surface area contributed by atoms with Crippen LogP contribution < -0.4 is 4.74 Å². The van der Waals surface area contributed by atoms with Crippen molar-refractivity contribution >= 4 is 17.5 Å². The maximum absolute atomic E-state index is 12.8. The molecule has 2 rings (SSSR count). The van der Waals surface area contributed by atoms with Gasteiger partial charge in [0, 0.05) is 26.9 Å². The molecule has 6 nitrogen and oxygen atoms in total. The number of carbonyl (C=O) groups is 2. The first-order valence-corrected chi connectivity index (χ1v) is 6.95. The predicted molar refractivity (Wildman–Crippen MR) is 79.0 cm³/mol. The van der Waals surface area contributed by atoms with Gasteiger partial charge in [0.15, 0.2) is 0 Å². The standard InChI is InChI=1S/C15H18FN3O3/c1-18(9-10-22-12-5-3-11(16)4-6-12)15(21)13-7-8-14(20)19(2)17-13/h3-6H,7-10H2,1-2H3. The van der Waals surface area contributed by atoms with Gasteiger partial charge in [0.05, 0.1) is 6.54 Å². The number of nitrogens with zero attached hydrogens (tertiary/aromatic N) is 3. The summed E-state index contributed by atoms with van der Waals surface area (Å²) in [6, 6.07) is 5.69. The van der Waals surface area contributed by atoms with Crippen molar-refractivity contribution in [3.63, 3.8) is 0 Å². The molecule has 1 aliphatic heterocycles. The first-order chi connectivity index (χ1) is 10.5. The summed E-state index contributed by atoms with van der Waals surface area (Å²) in [6.07, 6.45) is 0.645. The summed E-state index contributed by atoms with van der Waals surface area (Å²) in [5.74, 6) is -0.0999. The van der Waals surface area contributed by atoms with Gasteiger partial charge >= 0.3 is 0 Å². The number of hydrogen-bond donors (Lipinski definition) is 0. The first-order valence-electron chi connectivity index (χ1n) is 6.95. The molecule has 2 amide bonds. The number of benzene rings is 1. The van der Waals surface area contributed by atoms with Gasteiger partial charge in [0.1, 0.15) is 23.9 Å². The van der Waals surface area contributed by atoms with Gasteiger partial charge < -0.3 is 9.64 Å². The van der Waals surface area contributed by atoms with Gasteiger partial charge in [-0.25, -0.2) is 9.40 Å². The Labute approximate surface area is 128 Å². The van der Waals surface area contributed by atoms with Crippen LogP contribution in [0.1, 0.15) is 12.8 Å². The van der Waals surface area contributed by atoms with Crippen LogP contribution in [-0.4, -0.2) is 54.7 Å². The molecule has 1 heterocycles. The lowest BCUT2D eigenvalue weighted by Crippen LogP contribution is -2.40. The minimum Gasteiger partial charge on any atom is -0.492 e. The summed E-state index contributed by atoms with van der Waals surface area (Å²) < 4.78 is 18.2. The van der Waals surface area contributed by atoms with Crippen molar-refractivity contribution in [1.82, 2.24) is 9.91 Å². The van der Waals surface area contributed by atoms with Crippen molar-refractivity contribution in [2.75, 3.05) is 27.2 Å². The van der Waals surface area contributed by atoms with E-state index in [1.165, 1.54) is 41.2 Å². The lowest BCUT2D eigenvalue weighted by Gasteiger charge is -2.23. The minimum absolute atomic E-state index is 0.0983. The SMILES string of the molecule is CN(CCOc1ccc(F)cc1)C(=O)C1=NN(C)C(=O)CC1. The Kier molecular flexibility index (Phi) is 5.08. The fourth-order valence-corrected chi connectivity index (χ4v) is 1.98. The Hall–Kier alpha value is -2.44. The lowest BCUT2D eigenvalue weighted by molar-refractivity contribution is -0.130. The number of ether oxygens (including phenoxy) is 1. The maximum atomic E-state index is 12.8. The molecular formula is C15H18FN3O3. The molecule has 1 aromatic rings. The highest BCUT2D eigenvalue weighted by atomic mass is 19.1. The van der Waals surface area contributed by atoms with Crippen LogP contribution in [-0.2, 0) is 9.59 Å². The maximum Gasteiger partial charge on any atom is 0.269 e. The molecule has 0 saturated carbocycles. The normalized spacial score (nSPS) is 14.6. The molecule has 7 heteroatoms. The van der Waals surface area contributed by atoms with E-state index in [-0.39, 0.29) is 24.2 Å². The fraction of sp³-hybridized carbons (Fsp3) is 0.400. The Morgan fingerprint density at radius 1 is 1.36 bits per heavy atom. The number of carbonyl (C=O) groups excluding carboxylic acids is 2. The second-order valence-corrected chi connectivity index (χ2v) is 4.99. The van der Waals surface area contributed by atoms with Gasteiger partial charge in [-0.15, -0.1) is 0 Å². The molecule has 1 aliphatic rings. The van der Waals surface area contributed by atoms with Crippen molar-refractivity contribution in [3.8, 4) is 5.75 Å². The summed E-state index contributed by atoms with van der Waals surface area (Å²) in [4.78, 5) is 25.0. The minimum atomic E-state index is -0.325. The van der Waals surface area contributed by atoms with Crippen LogP contribution in [0.15, 0.2) is 29.4 Å². The quantitative estimate of drug-likeness (QED) is 0.823. The van der Waals surface area contributed by atoms with Gasteiger partial charge in [-0.3, -0.25) is 9.59 Å². The molecule has 118 valence electrons. The van der Waals surface area contributed by atoms with Crippen LogP contribution >= 0.6 is 0 Å². The van der Waals surface area contributed by atoms with Crippen molar-refractivity contribution < 1.29 is 18.7 Å². The average Bonchev–Trinajstić information content (AvgIpc) is 2.51. The highest BCUT2D eigenvalue weighted by Crippen LogP contribution is 2.11. The summed E-state index contributed by atoms with van der Waals surface area (Å²) in [5.41, 5.74) is 0.367. The van der Waals surface area contributed by atoms with Crippen LogP contribution in [0.25, 0.3) is 0 Å². The van der Waals surface area contributed by atoms with E-state index in [9.17, 15) is 14.0 Å². The molecule has 0 bridgehead atoms. The highest BCUT2D eigenvalue weighted by molar-refractivity contribution is 6.39. The molecular weight excluding hydrogens is 289 g/mol. The van der Waals surface area contributed by atoms with Crippen molar-refractivity contribution in [2.45, 2.75) is 12.8 Å². The Balaban J connectivity index is 1.83. The Morgan fingerprint density at radius 2 is 2.05 bits per heavy atom. The first kappa shape index (κ1) is 15.9. The smallest absolute Gasteiger partial charge is 0.269 e. The van der Waals surface area contributed by atoms with Gasteiger partial charge in [0.25, 0.3) is 5.91 Å². The molecule has 0 saturated heterocycles. The van der Waals surface area contributed by atoms with E-state index >= 15 is 0 Å². The zero-order valence-corrected chi connectivity index (χ0v) is 12.6. The van der Waals surface area contributed by atoms with Crippen LogP contribution in [0.5, 0.6) is 5.75 Å². The van der Waals surface area contributed by atoms with Crippen LogP contribution in [0.3, 0.4) is 0 Å². The largest absolute Gasteiger partial charge is 0.492 e. The third-order valence-corrected chi connectivity index (χ3v) is 3.31. The van der Waals surface area contributed by atoms with Crippen LogP contribution in [0.2, 0.25) is 0 Å². The summed E-state index contributed by atoms with van der Waals surface area (Å²) >= 11 is 0. The molecule has 0 aromatic heterocycles. The molecule has 0 fully saturated rings. The lowest BCUT2D eigenvalue weighted by atomic mass is 10.1. The number of halogens is 1. The highest BCUT2D eigenvalue weighted by Gasteiger charge is 2.24. The second-order valence-electron chi connectivity index (χ2n) is 4.99. The summed E-state index contributed by atoms with van der Waals surface area (Å²) in [7, 11) is 3.18. The number of hydrazone groups is 1. The van der Waals surface area contributed by atoms with E-state index in [0.717, 1.165) is 0 Å². The van der Waals surface area contributed by atoms with Crippen molar-refractivity contribution in [1.29, 1.82) is 0 Å². The number of amides is 2. The van der Waals surface area contributed by atoms with Crippen molar-refractivity contribution in [2.24, 2.45) is 5.10 Å². The molecule has 0 spiro atoms. The van der Waals surface area contributed by atoms with Gasteiger partial charge in [0.2, 0.25) is 5.91 Å². The molecule has 0 atom stereocenters. The zero-order chi connectivity index (χ0) is 16.1. The number of likely N-dealkylation sites (N-methyl/N-ethyl adjacent to an activating group) is 1. The third kappa shape index (κ3) is 4.03. The van der Waals surface area contributed by atoms with E-state index in [2.05, 4.69) is 5.10 Å². The summed E-state index contributed by atoms with van der Waals surface area (Å²) in [5, 5.41) is 5.18. The van der Waals surface area contributed by atoms with Crippen LogP contribution in [0.4, 0.5) is 4.39 Å². The molecule has 0 radical (unpaired) electrons. The molecule has 1 aromatic carbocycles. The number of hydrogen-bond acceptors (Lipinski definition) is 4. The topological polar surface area (TPSA) is 62.2 Å². The van der Waals surface area contributed by atoms with E-state index < -0.39 is 0 Å². The van der Waals surface area contributed by atoms with Crippen LogP contribution in [0, 0.1) is 5.82 Å². The molecule has 0 N–H and O–H groups in total. The van der Waals surface area contributed by atoms with E-state index in [0.29, 0.717) is 30.8 Å². The fourth-order valence-electron chi connectivity index (χ4n) is 1.98. The Morgan fingerprint density at radius 3 is 2.68 bits per heavy atom. The second kappa shape index (κ2) is 7.02. The van der Waals surface area contributed by atoms with E-state index in [4.69, 9.17) is 4.74 Å². The number of rotatable bonds is 5. The molecule has 0 unspecified atom stereocenters. The van der Waals surface area contributed by atoms with Gasteiger partial charge in [-0.2, -0.15) is 5.10 Å². The molecule has 22 heavy (non-hydrogen) atoms. The average molecular weight is 307 g/mol. The monoisotopic (exact) mass is 307 g/mol. The Bertz CT molecular complexity index is 586. The molecule has 0 aliphatic carbocycles. The zero-order valence-electron chi connectivity index (χ0n) is 12.6. The van der Waals surface area contributed by atoms with E-state index in [1.807, 2.05) is 0 Å². The predicted octanol–water partition coefficient (Wildman–Crippen LogP) is 1.27. The third-order valence-electron chi connectivity index (χ3n) is 3.31. The van der Waals surface area contributed by atoms with Gasteiger partial charge in [-0.05, 0) is 24.3 Å². The van der Waals surface area contributed by atoms with Crippen molar-refractivity contribution in [3.05, 3.63) is 30.1 Å². The summed E-state index contributed by atoms with van der Waals surface area (Å²) in [6.45, 7) is 0.656. The van der Waals surface area contributed by atoms with Gasteiger partial charge in [-0.1, -0.05) is 0 Å².